The number of thioether (sulfide) groups is 1. The van der Waals surface area contributed by atoms with Crippen molar-refractivity contribution in [2.45, 2.75) is 18.9 Å². The van der Waals surface area contributed by atoms with Crippen LogP contribution in [0.1, 0.15) is 12.8 Å². The Hall–Kier alpha value is -0.480. The summed E-state index contributed by atoms with van der Waals surface area (Å²) in [6, 6.07) is -0.0295. The van der Waals surface area contributed by atoms with E-state index < -0.39 is 0 Å². The Balaban J connectivity index is 1.95. The third kappa shape index (κ3) is 2.30. The van der Waals surface area contributed by atoms with E-state index in [1.54, 1.807) is 0 Å². The molecule has 0 bridgehead atoms. The molecule has 2 rings (SSSR count). The first-order chi connectivity index (χ1) is 6.88. The monoisotopic (exact) mass is 213 g/mol. The quantitative estimate of drug-likeness (QED) is 0.741. The summed E-state index contributed by atoms with van der Waals surface area (Å²) in [5.74, 6) is 2.69. The summed E-state index contributed by atoms with van der Waals surface area (Å²) in [5, 5.41) is 3.22. The van der Waals surface area contributed by atoms with Crippen molar-refractivity contribution in [1.29, 1.82) is 0 Å². The van der Waals surface area contributed by atoms with Crippen molar-refractivity contribution in [3.63, 3.8) is 0 Å². The van der Waals surface area contributed by atoms with Crippen molar-refractivity contribution >= 4 is 17.5 Å². The molecule has 4 heteroatoms. The van der Waals surface area contributed by atoms with Gasteiger partial charge in [-0.05, 0) is 18.9 Å². The number of Topliss-reactive ketones (excluding diaryl/α,β-unsaturated/α-hetero) is 1. The van der Waals surface area contributed by atoms with Gasteiger partial charge in [-0.2, -0.15) is 11.8 Å². The number of ether oxygens (including phenoxy) is 1. The Bertz CT molecular complexity index is 247. The molecule has 0 aromatic rings. The smallest absolute Gasteiger partial charge is 0.214 e. The number of allylic oxidation sites excluding steroid dienone is 1. The minimum atomic E-state index is -0.0295. The van der Waals surface area contributed by atoms with E-state index in [-0.39, 0.29) is 11.8 Å². The molecule has 2 aliphatic heterocycles. The summed E-state index contributed by atoms with van der Waals surface area (Å²) in [6.07, 6.45) is 3.93. The molecule has 1 N–H and O–H groups in total. The van der Waals surface area contributed by atoms with Crippen LogP contribution in [0.4, 0.5) is 0 Å². The van der Waals surface area contributed by atoms with Crippen LogP contribution in [0.15, 0.2) is 11.8 Å². The summed E-state index contributed by atoms with van der Waals surface area (Å²) in [6.45, 7) is 1.62. The summed E-state index contributed by atoms with van der Waals surface area (Å²) < 4.78 is 5.36. The predicted molar refractivity (Wildman–Crippen MR) is 57.4 cm³/mol. The number of carbonyl (C=O) groups excluding carboxylic acids is 1. The van der Waals surface area contributed by atoms with Gasteiger partial charge in [-0.15, -0.1) is 0 Å². The third-order valence-electron chi connectivity index (χ3n) is 2.42. The first-order valence-electron chi connectivity index (χ1n) is 5.06. The van der Waals surface area contributed by atoms with Gasteiger partial charge in [0.05, 0.1) is 12.6 Å². The second-order valence-electron chi connectivity index (χ2n) is 3.50. The summed E-state index contributed by atoms with van der Waals surface area (Å²) in [7, 11) is 0. The Labute approximate surface area is 88.3 Å². The molecule has 0 amide bonds. The number of ketones is 1. The molecular weight excluding hydrogens is 198 g/mol. The molecular formula is C10H15NO2S. The van der Waals surface area contributed by atoms with Crippen LogP contribution in [0.25, 0.3) is 0 Å². The molecule has 0 aromatic carbocycles. The average Bonchev–Trinajstić information content (AvgIpc) is 2.30. The van der Waals surface area contributed by atoms with Crippen molar-refractivity contribution in [1.82, 2.24) is 5.32 Å². The van der Waals surface area contributed by atoms with Crippen LogP contribution in [0.2, 0.25) is 0 Å². The highest BCUT2D eigenvalue weighted by Crippen LogP contribution is 2.16. The van der Waals surface area contributed by atoms with E-state index in [4.69, 9.17) is 4.74 Å². The minimum Gasteiger partial charge on any atom is -0.490 e. The van der Waals surface area contributed by atoms with Crippen LogP contribution < -0.4 is 5.32 Å². The fourth-order valence-corrected chi connectivity index (χ4v) is 2.57. The van der Waals surface area contributed by atoms with Crippen molar-refractivity contribution in [2.24, 2.45) is 0 Å². The molecule has 2 heterocycles. The maximum absolute atomic E-state index is 11.9. The van der Waals surface area contributed by atoms with Gasteiger partial charge >= 0.3 is 0 Å². The van der Waals surface area contributed by atoms with Crippen LogP contribution in [0.5, 0.6) is 0 Å². The molecule has 0 saturated carbocycles. The Kier molecular flexibility index (Phi) is 3.48. The van der Waals surface area contributed by atoms with Crippen LogP contribution in [-0.4, -0.2) is 36.5 Å². The zero-order valence-corrected chi connectivity index (χ0v) is 8.94. The molecule has 0 spiro atoms. The van der Waals surface area contributed by atoms with Gasteiger partial charge in [0.2, 0.25) is 5.78 Å². The van der Waals surface area contributed by atoms with E-state index in [0.29, 0.717) is 12.4 Å². The molecule has 2 aliphatic rings. The first kappa shape index (κ1) is 10.1. The van der Waals surface area contributed by atoms with E-state index in [9.17, 15) is 4.79 Å². The first-order valence-corrected chi connectivity index (χ1v) is 6.22. The van der Waals surface area contributed by atoms with Gasteiger partial charge in [0, 0.05) is 18.1 Å². The Morgan fingerprint density at radius 1 is 1.64 bits per heavy atom. The maximum Gasteiger partial charge on any atom is 0.214 e. The fraction of sp³-hybridized carbons (Fsp3) is 0.700. The summed E-state index contributed by atoms with van der Waals surface area (Å²) in [4.78, 5) is 11.9. The lowest BCUT2D eigenvalue weighted by Gasteiger charge is -2.24. The van der Waals surface area contributed by atoms with Crippen molar-refractivity contribution in [3.05, 3.63) is 11.8 Å². The largest absolute Gasteiger partial charge is 0.490 e. The molecule has 0 aromatic heterocycles. The van der Waals surface area contributed by atoms with Gasteiger partial charge in [-0.25, -0.2) is 0 Å². The van der Waals surface area contributed by atoms with Gasteiger partial charge in [0.15, 0.2) is 5.76 Å². The van der Waals surface area contributed by atoms with Gasteiger partial charge in [-0.3, -0.25) is 4.79 Å². The highest BCUT2D eigenvalue weighted by atomic mass is 32.2. The SMILES string of the molecule is O=C(C1=CCCCO1)C1CSCCN1. The average molecular weight is 213 g/mol. The van der Waals surface area contributed by atoms with E-state index in [1.807, 2.05) is 17.8 Å². The van der Waals surface area contributed by atoms with Crippen molar-refractivity contribution < 1.29 is 9.53 Å². The lowest BCUT2D eigenvalue weighted by atomic mass is 10.1. The van der Waals surface area contributed by atoms with Gasteiger partial charge in [0.1, 0.15) is 0 Å². The van der Waals surface area contributed by atoms with Gasteiger partial charge in [-0.1, -0.05) is 0 Å². The molecule has 1 atom stereocenters. The summed E-state index contributed by atoms with van der Waals surface area (Å²) in [5.41, 5.74) is 0. The fourth-order valence-electron chi connectivity index (χ4n) is 1.63. The number of rotatable bonds is 2. The topological polar surface area (TPSA) is 38.3 Å². The van der Waals surface area contributed by atoms with Gasteiger partial charge in [0.25, 0.3) is 0 Å². The Morgan fingerprint density at radius 3 is 3.21 bits per heavy atom. The molecule has 1 unspecified atom stereocenters. The maximum atomic E-state index is 11.9. The van der Waals surface area contributed by atoms with Crippen LogP contribution in [0.3, 0.4) is 0 Å². The second-order valence-corrected chi connectivity index (χ2v) is 4.65. The molecule has 1 saturated heterocycles. The van der Waals surface area contributed by atoms with Crippen molar-refractivity contribution in [3.8, 4) is 0 Å². The molecule has 14 heavy (non-hydrogen) atoms. The lowest BCUT2D eigenvalue weighted by Crippen LogP contribution is -2.44. The normalized spacial score (nSPS) is 27.7. The minimum absolute atomic E-state index is 0.0295. The standard InChI is InChI=1S/C10H15NO2S/c12-10(8-7-14-6-4-11-8)9-3-1-2-5-13-9/h3,8,11H,1-2,4-7H2. The zero-order chi connectivity index (χ0) is 9.80. The molecule has 3 nitrogen and oxygen atoms in total. The number of hydrogen-bond donors (Lipinski definition) is 1. The summed E-state index contributed by atoms with van der Waals surface area (Å²) >= 11 is 1.83. The van der Waals surface area contributed by atoms with Crippen LogP contribution in [-0.2, 0) is 9.53 Å². The molecule has 0 radical (unpaired) electrons. The highest BCUT2D eigenvalue weighted by molar-refractivity contribution is 7.99. The van der Waals surface area contributed by atoms with Crippen LogP contribution >= 0.6 is 11.8 Å². The molecule has 0 aliphatic carbocycles. The molecule has 78 valence electrons. The second kappa shape index (κ2) is 4.84. The third-order valence-corrected chi connectivity index (χ3v) is 3.48. The van der Waals surface area contributed by atoms with E-state index in [2.05, 4.69) is 5.32 Å². The zero-order valence-electron chi connectivity index (χ0n) is 8.12. The number of nitrogens with one attached hydrogen (secondary N) is 1. The highest BCUT2D eigenvalue weighted by Gasteiger charge is 2.25. The Morgan fingerprint density at radius 2 is 2.57 bits per heavy atom. The lowest BCUT2D eigenvalue weighted by molar-refractivity contribution is -0.120. The van der Waals surface area contributed by atoms with E-state index in [0.717, 1.165) is 30.9 Å². The number of carbonyl (C=O) groups is 1. The molecule has 1 fully saturated rings. The van der Waals surface area contributed by atoms with Crippen molar-refractivity contribution in [2.75, 3.05) is 24.7 Å². The van der Waals surface area contributed by atoms with E-state index >= 15 is 0 Å². The van der Waals surface area contributed by atoms with E-state index in [1.165, 1.54) is 0 Å². The van der Waals surface area contributed by atoms with Crippen LogP contribution in [0, 0.1) is 0 Å². The van der Waals surface area contributed by atoms with Gasteiger partial charge < -0.3 is 10.1 Å². The number of hydrogen-bond acceptors (Lipinski definition) is 4. The predicted octanol–water partition coefficient (Wildman–Crippen LogP) is 0.955.